The molecule has 0 unspecified atom stereocenters. The highest BCUT2D eigenvalue weighted by atomic mass is 16.5. The number of benzene rings is 3. The lowest BCUT2D eigenvalue weighted by molar-refractivity contribution is -0.122. The maximum absolute atomic E-state index is 12.9. The Kier molecular flexibility index (Phi) is 5.49. The van der Waals surface area contributed by atoms with Gasteiger partial charge in [0.05, 0.1) is 0 Å². The first kappa shape index (κ1) is 20.0. The average Bonchev–Trinajstić information content (AvgIpc) is 3.04. The van der Waals surface area contributed by atoms with Crippen LogP contribution in [-0.2, 0) is 11.3 Å². The molecule has 30 heavy (non-hydrogen) atoms. The second-order valence-corrected chi connectivity index (χ2v) is 7.82. The highest BCUT2D eigenvalue weighted by molar-refractivity contribution is 6.10. The molecule has 4 aromatic rings. The van der Waals surface area contributed by atoms with Crippen LogP contribution in [0, 0.1) is 13.8 Å². The molecule has 0 bridgehead atoms. The van der Waals surface area contributed by atoms with Crippen LogP contribution in [0.3, 0.4) is 0 Å². The number of anilines is 1. The van der Waals surface area contributed by atoms with Crippen LogP contribution in [0.2, 0.25) is 0 Å². The Bertz CT molecular complexity index is 1200. The Morgan fingerprint density at radius 2 is 1.63 bits per heavy atom. The van der Waals surface area contributed by atoms with E-state index in [-0.39, 0.29) is 5.91 Å². The van der Waals surface area contributed by atoms with Crippen LogP contribution >= 0.6 is 0 Å². The van der Waals surface area contributed by atoms with Gasteiger partial charge in [-0.1, -0.05) is 31.2 Å². The molecular formula is C26H28N2O2. The third-order valence-corrected chi connectivity index (χ3v) is 5.49. The second-order valence-electron chi connectivity index (χ2n) is 7.82. The Morgan fingerprint density at radius 3 is 2.33 bits per heavy atom. The highest BCUT2D eigenvalue weighted by Crippen LogP contribution is 2.31. The molecule has 1 N–H and O–H groups in total. The summed E-state index contributed by atoms with van der Waals surface area (Å²) in [7, 11) is 0. The van der Waals surface area contributed by atoms with Gasteiger partial charge in [0.2, 0.25) is 0 Å². The van der Waals surface area contributed by atoms with Crippen molar-refractivity contribution in [2.75, 3.05) is 5.32 Å². The fourth-order valence-corrected chi connectivity index (χ4v) is 4.18. The van der Waals surface area contributed by atoms with Crippen molar-refractivity contribution in [2.24, 2.45) is 0 Å². The predicted molar refractivity (Wildman–Crippen MR) is 124 cm³/mol. The molecule has 0 spiro atoms. The molecule has 3 aromatic carbocycles. The number of hydrogen-bond acceptors (Lipinski definition) is 2. The minimum atomic E-state index is -0.543. The summed E-state index contributed by atoms with van der Waals surface area (Å²) >= 11 is 0. The summed E-state index contributed by atoms with van der Waals surface area (Å²) < 4.78 is 8.32. The number of fused-ring (bicyclic) bond motifs is 3. The van der Waals surface area contributed by atoms with Gasteiger partial charge < -0.3 is 14.6 Å². The zero-order valence-electron chi connectivity index (χ0n) is 18.0. The third-order valence-electron chi connectivity index (χ3n) is 5.49. The first-order chi connectivity index (χ1) is 14.5. The van der Waals surface area contributed by atoms with Gasteiger partial charge in [-0.25, -0.2) is 0 Å². The van der Waals surface area contributed by atoms with Gasteiger partial charge in [-0.2, -0.15) is 0 Å². The van der Waals surface area contributed by atoms with E-state index in [0.717, 1.165) is 34.5 Å². The van der Waals surface area contributed by atoms with Crippen LogP contribution in [0.25, 0.3) is 21.8 Å². The maximum Gasteiger partial charge on any atom is 0.265 e. The van der Waals surface area contributed by atoms with Crippen LogP contribution in [0.15, 0.2) is 60.7 Å². The van der Waals surface area contributed by atoms with E-state index in [9.17, 15) is 4.79 Å². The number of carbonyl (C=O) groups excluding carboxylic acids is 1. The fraction of sp³-hybridized carbons (Fsp3) is 0.269. The molecule has 4 nitrogen and oxygen atoms in total. The average molecular weight is 401 g/mol. The molecule has 0 aliphatic heterocycles. The quantitative estimate of drug-likeness (QED) is 0.417. The summed E-state index contributed by atoms with van der Waals surface area (Å²) in [4.78, 5) is 12.9. The second kappa shape index (κ2) is 8.23. The largest absolute Gasteiger partial charge is 0.481 e. The monoisotopic (exact) mass is 400 g/mol. The van der Waals surface area contributed by atoms with Gasteiger partial charge in [-0.05, 0) is 74.7 Å². The van der Waals surface area contributed by atoms with Crippen molar-refractivity contribution in [2.45, 2.75) is 46.8 Å². The number of hydrogen-bond donors (Lipinski definition) is 1. The van der Waals surface area contributed by atoms with E-state index < -0.39 is 6.10 Å². The Balaban J connectivity index is 1.61. The van der Waals surface area contributed by atoms with Crippen molar-refractivity contribution in [3.05, 3.63) is 71.8 Å². The first-order valence-corrected chi connectivity index (χ1v) is 10.6. The lowest BCUT2D eigenvalue weighted by Crippen LogP contribution is -2.32. The summed E-state index contributed by atoms with van der Waals surface area (Å²) in [5.41, 5.74) is 5.42. The lowest BCUT2D eigenvalue weighted by Gasteiger charge is -2.18. The number of amides is 1. The summed E-state index contributed by atoms with van der Waals surface area (Å²) in [6.45, 7) is 9.08. The lowest BCUT2D eigenvalue weighted by atomic mass is 10.1. The number of aromatic nitrogens is 1. The van der Waals surface area contributed by atoms with Gasteiger partial charge >= 0.3 is 0 Å². The third kappa shape index (κ3) is 3.78. The van der Waals surface area contributed by atoms with E-state index in [1.54, 1.807) is 0 Å². The zero-order chi connectivity index (χ0) is 21.3. The normalized spacial score (nSPS) is 12.3. The summed E-state index contributed by atoms with van der Waals surface area (Å²) in [5.74, 6) is 0.603. The van der Waals surface area contributed by atoms with Crippen molar-refractivity contribution < 1.29 is 9.53 Å². The fourth-order valence-electron chi connectivity index (χ4n) is 4.18. The number of nitrogens with zero attached hydrogens (tertiary/aromatic N) is 1. The molecule has 1 amide bonds. The Labute approximate surface area is 177 Å². The minimum Gasteiger partial charge on any atom is -0.481 e. The number of ether oxygens (including phenoxy) is 1. The number of rotatable bonds is 6. The van der Waals surface area contributed by atoms with Crippen molar-refractivity contribution in [1.82, 2.24) is 4.57 Å². The summed E-state index contributed by atoms with van der Waals surface area (Å²) in [6.07, 6.45) is 0.0508. The van der Waals surface area contributed by atoms with Crippen LogP contribution in [0.1, 0.15) is 31.4 Å². The molecule has 154 valence electrons. The van der Waals surface area contributed by atoms with E-state index in [1.165, 1.54) is 16.4 Å². The van der Waals surface area contributed by atoms with Crippen molar-refractivity contribution >= 4 is 33.4 Å². The molecule has 0 radical (unpaired) electrons. The SMILES string of the molecule is CC[C@H](Oc1cc(C)cc(C)c1)C(=O)Nc1ccc2c(c1)c1ccccc1n2CC. The van der Waals surface area contributed by atoms with E-state index >= 15 is 0 Å². The number of carbonyl (C=O) groups is 1. The van der Waals surface area contributed by atoms with Crippen molar-refractivity contribution in [3.63, 3.8) is 0 Å². The predicted octanol–water partition coefficient (Wildman–Crippen LogP) is 6.23. The molecule has 1 heterocycles. The smallest absolute Gasteiger partial charge is 0.265 e. The highest BCUT2D eigenvalue weighted by Gasteiger charge is 2.19. The van der Waals surface area contributed by atoms with Crippen LogP contribution < -0.4 is 10.1 Å². The molecule has 1 aromatic heterocycles. The molecule has 0 fully saturated rings. The van der Waals surface area contributed by atoms with Gasteiger partial charge in [-0.3, -0.25) is 4.79 Å². The van der Waals surface area contributed by atoms with Crippen molar-refractivity contribution in [3.8, 4) is 5.75 Å². The zero-order valence-corrected chi connectivity index (χ0v) is 18.0. The van der Waals surface area contributed by atoms with E-state index in [4.69, 9.17) is 4.74 Å². The number of aryl methyl sites for hydroxylation is 3. The van der Waals surface area contributed by atoms with Crippen LogP contribution in [-0.4, -0.2) is 16.6 Å². The Hall–Kier alpha value is -3.27. The summed E-state index contributed by atoms with van der Waals surface area (Å²) in [6, 6.07) is 20.5. The number of nitrogens with one attached hydrogen (secondary N) is 1. The maximum atomic E-state index is 12.9. The van der Waals surface area contributed by atoms with Crippen LogP contribution in [0.5, 0.6) is 5.75 Å². The molecule has 4 heteroatoms. The number of para-hydroxylation sites is 1. The van der Waals surface area contributed by atoms with Gasteiger partial charge in [-0.15, -0.1) is 0 Å². The van der Waals surface area contributed by atoms with Gasteiger partial charge in [0.1, 0.15) is 5.75 Å². The molecule has 4 rings (SSSR count). The van der Waals surface area contributed by atoms with E-state index in [2.05, 4.69) is 59.3 Å². The van der Waals surface area contributed by atoms with Gasteiger partial charge in [0.25, 0.3) is 5.91 Å². The van der Waals surface area contributed by atoms with E-state index in [0.29, 0.717) is 6.42 Å². The molecule has 1 atom stereocenters. The van der Waals surface area contributed by atoms with Crippen molar-refractivity contribution in [1.29, 1.82) is 0 Å². The standard InChI is InChI=1S/C26H28N2O2/c1-5-25(30-20-14-17(3)13-18(4)15-20)26(29)27-19-11-12-24-22(16-19)21-9-7-8-10-23(21)28(24)6-2/h7-16,25H,5-6H2,1-4H3,(H,27,29)/t25-/m0/s1. The molecule has 0 aliphatic rings. The van der Waals surface area contributed by atoms with Gasteiger partial charge in [0, 0.05) is 34.0 Å². The van der Waals surface area contributed by atoms with Crippen LogP contribution in [0.4, 0.5) is 5.69 Å². The Morgan fingerprint density at radius 1 is 0.933 bits per heavy atom. The van der Waals surface area contributed by atoms with Gasteiger partial charge in [0.15, 0.2) is 6.10 Å². The molecular weight excluding hydrogens is 372 g/mol. The molecule has 0 saturated heterocycles. The molecule has 0 saturated carbocycles. The summed E-state index contributed by atoms with van der Waals surface area (Å²) in [5, 5.41) is 5.40. The van der Waals surface area contributed by atoms with E-state index in [1.807, 2.05) is 39.0 Å². The topological polar surface area (TPSA) is 43.3 Å². The first-order valence-electron chi connectivity index (χ1n) is 10.6. The minimum absolute atomic E-state index is 0.129. The molecule has 0 aliphatic carbocycles.